The number of benzene rings is 1. The molecule has 0 spiro atoms. The fraction of sp³-hybridized carbons (Fsp3) is 0.700. The van der Waals surface area contributed by atoms with E-state index in [9.17, 15) is 17.9 Å². The highest BCUT2D eigenvalue weighted by atomic mass is 32.2. The number of sulfonamides is 1. The highest BCUT2D eigenvalue weighted by Gasteiger charge is 2.34. The van der Waals surface area contributed by atoms with Crippen molar-refractivity contribution in [3.05, 3.63) is 24.3 Å². The molecule has 31 heavy (non-hydrogen) atoms. The van der Waals surface area contributed by atoms with E-state index in [0.717, 1.165) is 0 Å². The first-order valence-electron chi connectivity index (χ1n) is 10.7. The summed E-state index contributed by atoms with van der Waals surface area (Å²) in [5.41, 5.74) is 11.8. The van der Waals surface area contributed by atoms with Gasteiger partial charge in [0.2, 0.25) is 10.0 Å². The zero-order valence-corrected chi connectivity index (χ0v) is 20.6. The number of rotatable bonds is 15. The average Bonchev–Trinajstić information content (AvgIpc) is 2.68. The molecule has 0 aromatic heterocycles. The van der Waals surface area contributed by atoms with Gasteiger partial charge in [0.15, 0.2) is 0 Å². The monoisotopic (exact) mass is 479 g/mol. The van der Waals surface area contributed by atoms with Gasteiger partial charge in [-0.15, -0.1) is 0 Å². The van der Waals surface area contributed by atoms with Crippen molar-refractivity contribution in [3.8, 4) is 0 Å². The maximum absolute atomic E-state index is 13.4. The SMILES string of the molecule is CCC(C)OP(=O)(O)OCC(CCCCN)N(CC(C)C)S(=O)(=O)c1ccc(N)cc1. The third-order valence-corrected chi connectivity index (χ3v) is 7.78. The molecule has 0 aliphatic heterocycles. The Hall–Kier alpha value is -1.00. The summed E-state index contributed by atoms with van der Waals surface area (Å²) in [4.78, 5) is 10.2. The number of phosphoric ester groups is 1. The first-order valence-corrected chi connectivity index (χ1v) is 13.6. The van der Waals surface area contributed by atoms with Crippen molar-refractivity contribution in [2.24, 2.45) is 11.7 Å². The van der Waals surface area contributed by atoms with Gasteiger partial charge in [-0.3, -0.25) is 9.05 Å². The Kier molecular flexibility index (Phi) is 11.7. The Morgan fingerprint density at radius 1 is 1.16 bits per heavy atom. The van der Waals surface area contributed by atoms with Crippen LogP contribution in [0.15, 0.2) is 29.2 Å². The van der Waals surface area contributed by atoms with Crippen molar-refractivity contribution in [1.29, 1.82) is 0 Å². The maximum atomic E-state index is 13.4. The maximum Gasteiger partial charge on any atom is 0.472 e. The number of hydrogen-bond donors (Lipinski definition) is 3. The van der Waals surface area contributed by atoms with Gasteiger partial charge in [0.1, 0.15) is 0 Å². The van der Waals surface area contributed by atoms with Crippen LogP contribution in [0.3, 0.4) is 0 Å². The summed E-state index contributed by atoms with van der Waals surface area (Å²) in [6, 6.07) is 5.32. The first-order chi connectivity index (χ1) is 14.4. The molecule has 0 amide bonds. The Bertz CT molecular complexity index is 804. The molecule has 11 heteroatoms. The standard InChI is InChI=1S/C20H38N3O6PS/c1-5-17(4)29-30(24,25)28-15-19(8-6-7-13-21)23(14-16(2)3)31(26,27)20-11-9-18(22)10-12-20/h9-12,16-17,19H,5-8,13-15,21-22H2,1-4H3,(H,24,25). The number of phosphoric acid groups is 1. The van der Waals surface area contributed by atoms with Crippen molar-refractivity contribution in [3.63, 3.8) is 0 Å². The van der Waals surface area contributed by atoms with Crippen LogP contribution in [0.2, 0.25) is 0 Å². The topological polar surface area (TPSA) is 145 Å². The molecule has 0 aliphatic rings. The van der Waals surface area contributed by atoms with Gasteiger partial charge < -0.3 is 16.4 Å². The molecule has 9 nitrogen and oxygen atoms in total. The smallest absolute Gasteiger partial charge is 0.399 e. The lowest BCUT2D eigenvalue weighted by atomic mass is 10.1. The molecule has 1 aromatic carbocycles. The van der Waals surface area contributed by atoms with Crippen LogP contribution >= 0.6 is 7.82 Å². The van der Waals surface area contributed by atoms with E-state index in [1.54, 1.807) is 6.92 Å². The molecule has 0 fully saturated rings. The molecule has 3 unspecified atom stereocenters. The largest absolute Gasteiger partial charge is 0.472 e. The van der Waals surface area contributed by atoms with E-state index in [1.165, 1.54) is 28.6 Å². The van der Waals surface area contributed by atoms with Crippen molar-refractivity contribution in [2.75, 3.05) is 25.4 Å². The summed E-state index contributed by atoms with van der Waals surface area (Å²) in [6.07, 6.45) is 1.86. The van der Waals surface area contributed by atoms with Crippen molar-refractivity contribution in [2.45, 2.75) is 70.4 Å². The van der Waals surface area contributed by atoms with Crippen LogP contribution in [0.4, 0.5) is 5.69 Å². The van der Waals surface area contributed by atoms with Crippen LogP contribution in [0.1, 0.15) is 53.4 Å². The lowest BCUT2D eigenvalue weighted by molar-refractivity contribution is 0.0899. The molecule has 0 saturated heterocycles. The second kappa shape index (κ2) is 12.9. The van der Waals surface area contributed by atoms with Gasteiger partial charge in [-0.25, -0.2) is 13.0 Å². The predicted molar refractivity (Wildman–Crippen MR) is 123 cm³/mol. The molecule has 0 heterocycles. The number of nitrogens with zero attached hydrogens (tertiary/aromatic N) is 1. The fourth-order valence-corrected chi connectivity index (χ4v) is 5.76. The van der Waals surface area contributed by atoms with Crippen LogP contribution in [-0.2, 0) is 23.6 Å². The van der Waals surface area contributed by atoms with Gasteiger partial charge in [-0.05, 0) is 62.9 Å². The second-order valence-electron chi connectivity index (χ2n) is 8.06. The van der Waals surface area contributed by atoms with E-state index in [0.29, 0.717) is 37.9 Å². The summed E-state index contributed by atoms with van der Waals surface area (Å²) in [5.74, 6) is 0.0258. The summed E-state index contributed by atoms with van der Waals surface area (Å²) >= 11 is 0. The quantitative estimate of drug-likeness (QED) is 0.197. The number of anilines is 1. The van der Waals surface area contributed by atoms with Gasteiger partial charge in [-0.1, -0.05) is 27.2 Å². The normalized spacial score (nSPS) is 16.4. The van der Waals surface area contributed by atoms with E-state index < -0.39 is 30.0 Å². The number of nitrogen functional groups attached to an aromatic ring is 1. The van der Waals surface area contributed by atoms with Gasteiger partial charge in [0.25, 0.3) is 0 Å². The highest BCUT2D eigenvalue weighted by Crippen LogP contribution is 2.45. The summed E-state index contributed by atoms with van der Waals surface area (Å²) in [5, 5.41) is 0. The van der Waals surface area contributed by atoms with Crippen LogP contribution in [-0.4, -0.2) is 49.5 Å². The molecular formula is C20H38N3O6PS. The second-order valence-corrected chi connectivity index (χ2v) is 11.4. The highest BCUT2D eigenvalue weighted by molar-refractivity contribution is 7.89. The van der Waals surface area contributed by atoms with E-state index in [-0.39, 0.29) is 24.0 Å². The van der Waals surface area contributed by atoms with Gasteiger partial charge in [0, 0.05) is 18.3 Å². The predicted octanol–water partition coefficient (Wildman–Crippen LogP) is 3.35. The Labute approximate surface area is 186 Å². The first kappa shape index (κ1) is 28.0. The third-order valence-electron chi connectivity index (χ3n) is 4.75. The average molecular weight is 480 g/mol. The van der Waals surface area contributed by atoms with Crippen LogP contribution < -0.4 is 11.5 Å². The zero-order valence-electron chi connectivity index (χ0n) is 18.9. The molecule has 0 radical (unpaired) electrons. The van der Waals surface area contributed by atoms with Crippen molar-refractivity contribution in [1.82, 2.24) is 4.31 Å². The molecule has 5 N–H and O–H groups in total. The van der Waals surface area contributed by atoms with E-state index >= 15 is 0 Å². The lowest BCUT2D eigenvalue weighted by Crippen LogP contribution is -2.44. The number of nitrogens with two attached hydrogens (primary N) is 2. The van der Waals surface area contributed by atoms with E-state index in [1.807, 2.05) is 20.8 Å². The van der Waals surface area contributed by atoms with Crippen LogP contribution in [0.5, 0.6) is 0 Å². The number of hydrogen-bond acceptors (Lipinski definition) is 7. The van der Waals surface area contributed by atoms with Crippen LogP contribution in [0.25, 0.3) is 0 Å². The minimum atomic E-state index is -4.33. The van der Waals surface area contributed by atoms with Crippen molar-refractivity contribution >= 4 is 23.5 Å². The van der Waals surface area contributed by atoms with Crippen LogP contribution in [0, 0.1) is 5.92 Å². The van der Waals surface area contributed by atoms with E-state index in [4.69, 9.17) is 20.5 Å². The Morgan fingerprint density at radius 2 is 1.77 bits per heavy atom. The molecule has 1 aromatic rings. The molecular weight excluding hydrogens is 441 g/mol. The Balaban J connectivity index is 3.20. The minimum absolute atomic E-state index is 0.0258. The van der Waals surface area contributed by atoms with Gasteiger partial charge >= 0.3 is 7.82 Å². The van der Waals surface area contributed by atoms with Gasteiger partial charge in [0.05, 0.1) is 17.6 Å². The Morgan fingerprint density at radius 3 is 2.29 bits per heavy atom. The number of unbranched alkanes of at least 4 members (excludes halogenated alkanes) is 1. The summed E-state index contributed by atoms with van der Waals surface area (Å²) in [6.45, 7) is 7.74. The minimum Gasteiger partial charge on any atom is -0.399 e. The molecule has 1 rings (SSSR count). The zero-order chi connectivity index (χ0) is 23.7. The third kappa shape index (κ3) is 9.57. The molecule has 3 atom stereocenters. The molecule has 180 valence electrons. The molecule has 0 aliphatic carbocycles. The molecule has 0 saturated carbocycles. The fourth-order valence-electron chi connectivity index (χ4n) is 2.93. The van der Waals surface area contributed by atoms with Crippen molar-refractivity contribution < 1.29 is 26.9 Å². The summed E-state index contributed by atoms with van der Waals surface area (Å²) < 4.78 is 50.9. The molecule has 0 bridgehead atoms. The summed E-state index contributed by atoms with van der Waals surface area (Å²) in [7, 11) is -8.22. The van der Waals surface area contributed by atoms with Gasteiger partial charge in [-0.2, -0.15) is 4.31 Å². The van der Waals surface area contributed by atoms with E-state index in [2.05, 4.69) is 0 Å². The lowest BCUT2D eigenvalue weighted by Gasteiger charge is -2.32.